The first-order valence-corrected chi connectivity index (χ1v) is 16.3. The summed E-state index contributed by atoms with van der Waals surface area (Å²) >= 11 is 0. The van der Waals surface area contributed by atoms with Gasteiger partial charge in [0.05, 0.1) is 6.61 Å². The molecule has 0 rings (SSSR count). The molecule has 0 N–H and O–H groups in total. The summed E-state index contributed by atoms with van der Waals surface area (Å²) in [4.78, 5) is 11.9. The third kappa shape index (κ3) is 31.0. The summed E-state index contributed by atoms with van der Waals surface area (Å²) in [7, 11) is 0. The normalized spacial score (nSPS) is 11.7. The Balaban J connectivity index is 3.22. The van der Waals surface area contributed by atoms with Gasteiger partial charge in [-0.3, -0.25) is 4.79 Å². The van der Waals surface area contributed by atoms with Gasteiger partial charge in [-0.15, -0.1) is 0 Å². The molecule has 2 nitrogen and oxygen atoms in total. The van der Waals surface area contributed by atoms with Gasteiger partial charge in [0.25, 0.3) is 0 Å². The number of esters is 1. The summed E-state index contributed by atoms with van der Waals surface area (Å²) in [6.45, 7) is 5.15. The topological polar surface area (TPSA) is 26.3 Å². The standard InChI is InChI=1S/C34H64O2/c1-3-5-7-9-11-13-15-17-18-19-21-23-25-27-29-31-33-36-34(35)32-30-28-26-24-22-20-16-14-12-10-8-6-4-2/h11,13,17-18H,3-10,12,14-16,19-33H2,1-2H3/b13-11-,18-17-. The highest BCUT2D eigenvalue weighted by Crippen LogP contribution is 2.13. The molecule has 0 saturated heterocycles. The van der Waals surface area contributed by atoms with Crippen molar-refractivity contribution in [2.24, 2.45) is 0 Å². The van der Waals surface area contributed by atoms with E-state index in [-0.39, 0.29) is 5.97 Å². The largest absolute Gasteiger partial charge is 0.466 e. The molecule has 0 amide bonds. The maximum atomic E-state index is 11.9. The van der Waals surface area contributed by atoms with Gasteiger partial charge in [-0.05, 0) is 44.9 Å². The van der Waals surface area contributed by atoms with Gasteiger partial charge in [0.15, 0.2) is 0 Å². The van der Waals surface area contributed by atoms with Crippen LogP contribution in [0.4, 0.5) is 0 Å². The molecule has 36 heavy (non-hydrogen) atoms. The first kappa shape index (κ1) is 35.0. The highest BCUT2D eigenvalue weighted by Gasteiger charge is 2.02. The summed E-state index contributed by atoms with van der Waals surface area (Å²) in [5.41, 5.74) is 0. The van der Waals surface area contributed by atoms with Crippen LogP contribution in [-0.4, -0.2) is 12.6 Å². The fourth-order valence-electron chi connectivity index (χ4n) is 4.64. The number of carbonyl (C=O) groups excluding carboxylic acids is 1. The summed E-state index contributed by atoms with van der Waals surface area (Å²) < 4.78 is 5.41. The first-order chi connectivity index (χ1) is 17.8. The van der Waals surface area contributed by atoms with E-state index in [4.69, 9.17) is 4.74 Å². The molecule has 0 aliphatic heterocycles. The van der Waals surface area contributed by atoms with E-state index in [9.17, 15) is 4.79 Å². The Morgan fingerprint density at radius 3 is 1.39 bits per heavy atom. The zero-order valence-corrected chi connectivity index (χ0v) is 24.7. The van der Waals surface area contributed by atoms with Crippen LogP contribution < -0.4 is 0 Å². The third-order valence-electron chi connectivity index (χ3n) is 7.09. The molecule has 0 saturated carbocycles. The van der Waals surface area contributed by atoms with Crippen molar-refractivity contribution >= 4 is 5.97 Å². The molecule has 0 radical (unpaired) electrons. The molecule has 0 aromatic heterocycles. The van der Waals surface area contributed by atoms with Crippen molar-refractivity contribution in [3.05, 3.63) is 24.3 Å². The van der Waals surface area contributed by atoms with Crippen LogP contribution in [0.5, 0.6) is 0 Å². The van der Waals surface area contributed by atoms with Crippen LogP contribution in [0.2, 0.25) is 0 Å². The fraction of sp³-hybridized carbons (Fsp3) is 0.853. The minimum atomic E-state index is 0.0145. The Labute approximate surface area is 227 Å². The van der Waals surface area contributed by atoms with Gasteiger partial charge in [0, 0.05) is 6.42 Å². The molecular weight excluding hydrogens is 440 g/mol. The average molecular weight is 505 g/mol. The van der Waals surface area contributed by atoms with Crippen LogP contribution in [0.25, 0.3) is 0 Å². The van der Waals surface area contributed by atoms with Crippen molar-refractivity contribution in [3.63, 3.8) is 0 Å². The highest BCUT2D eigenvalue weighted by molar-refractivity contribution is 5.69. The van der Waals surface area contributed by atoms with Gasteiger partial charge in [0.2, 0.25) is 0 Å². The van der Waals surface area contributed by atoms with E-state index in [2.05, 4.69) is 38.2 Å². The van der Waals surface area contributed by atoms with E-state index >= 15 is 0 Å². The molecule has 0 unspecified atom stereocenters. The van der Waals surface area contributed by atoms with E-state index < -0.39 is 0 Å². The Morgan fingerprint density at radius 2 is 0.861 bits per heavy atom. The molecule has 0 bridgehead atoms. The summed E-state index contributed by atoms with van der Waals surface area (Å²) in [5, 5.41) is 0. The maximum Gasteiger partial charge on any atom is 0.305 e. The number of carbonyl (C=O) groups is 1. The second-order valence-electron chi connectivity index (χ2n) is 10.8. The van der Waals surface area contributed by atoms with E-state index in [1.807, 2.05) is 0 Å². The SMILES string of the molecule is CCCCC/C=C\C/C=C\CCCCCCCCOC(=O)CCCCCCCCCCCCCCC. The van der Waals surface area contributed by atoms with E-state index in [0.717, 1.165) is 19.3 Å². The molecule has 0 heterocycles. The van der Waals surface area contributed by atoms with Gasteiger partial charge >= 0.3 is 5.97 Å². The molecule has 0 aliphatic rings. The van der Waals surface area contributed by atoms with Gasteiger partial charge in [-0.1, -0.05) is 154 Å². The number of hydrogen-bond donors (Lipinski definition) is 0. The average Bonchev–Trinajstić information content (AvgIpc) is 2.88. The molecule has 212 valence electrons. The monoisotopic (exact) mass is 504 g/mol. The third-order valence-corrected chi connectivity index (χ3v) is 7.09. The number of rotatable bonds is 29. The molecule has 2 heteroatoms. The Bertz CT molecular complexity index is 480. The predicted octanol–water partition coefficient (Wildman–Crippen LogP) is 11.8. The van der Waals surface area contributed by atoms with Crippen molar-refractivity contribution in [2.75, 3.05) is 6.61 Å². The van der Waals surface area contributed by atoms with Gasteiger partial charge in [0.1, 0.15) is 0 Å². The molecule has 0 atom stereocenters. The van der Waals surface area contributed by atoms with Gasteiger partial charge in [-0.2, -0.15) is 0 Å². The van der Waals surface area contributed by atoms with Crippen LogP contribution in [0.1, 0.15) is 181 Å². The quantitative estimate of drug-likeness (QED) is 0.0575. The van der Waals surface area contributed by atoms with Crippen LogP contribution in [-0.2, 0) is 9.53 Å². The van der Waals surface area contributed by atoms with E-state index in [1.165, 1.54) is 141 Å². The smallest absolute Gasteiger partial charge is 0.305 e. The summed E-state index contributed by atoms with van der Waals surface area (Å²) in [6.07, 6.45) is 42.2. The predicted molar refractivity (Wildman–Crippen MR) is 161 cm³/mol. The lowest BCUT2D eigenvalue weighted by molar-refractivity contribution is -0.143. The van der Waals surface area contributed by atoms with Crippen molar-refractivity contribution < 1.29 is 9.53 Å². The van der Waals surface area contributed by atoms with Crippen LogP contribution >= 0.6 is 0 Å². The number of unbranched alkanes of at least 4 members (excludes halogenated alkanes) is 21. The highest BCUT2D eigenvalue weighted by atomic mass is 16.5. The van der Waals surface area contributed by atoms with Crippen LogP contribution in [0.15, 0.2) is 24.3 Å². The molecular formula is C34H64O2. The molecule has 0 fully saturated rings. The second-order valence-corrected chi connectivity index (χ2v) is 10.8. The first-order valence-electron chi connectivity index (χ1n) is 16.3. The summed E-state index contributed by atoms with van der Waals surface area (Å²) in [6, 6.07) is 0. The Hall–Kier alpha value is -1.05. The van der Waals surface area contributed by atoms with Crippen LogP contribution in [0, 0.1) is 0 Å². The second kappa shape index (κ2) is 32.0. The van der Waals surface area contributed by atoms with Gasteiger partial charge in [-0.25, -0.2) is 0 Å². The summed E-state index contributed by atoms with van der Waals surface area (Å²) in [5.74, 6) is 0.0145. The van der Waals surface area contributed by atoms with Crippen molar-refractivity contribution in [1.82, 2.24) is 0 Å². The number of hydrogen-bond acceptors (Lipinski definition) is 2. The minimum Gasteiger partial charge on any atom is -0.466 e. The minimum absolute atomic E-state index is 0.0145. The molecule has 0 aromatic rings. The molecule has 0 aromatic carbocycles. The molecule has 0 spiro atoms. The zero-order chi connectivity index (χ0) is 26.2. The Kier molecular flexibility index (Phi) is 31.0. The van der Waals surface area contributed by atoms with E-state index in [0.29, 0.717) is 13.0 Å². The van der Waals surface area contributed by atoms with Crippen LogP contribution in [0.3, 0.4) is 0 Å². The van der Waals surface area contributed by atoms with Crippen molar-refractivity contribution in [1.29, 1.82) is 0 Å². The lowest BCUT2D eigenvalue weighted by Crippen LogP contribution is -2.05. The van der Waals surface area contributed by atoms with Crippen molar-refractivity contribution in [2.45, 2.75) is 181 Å². The number of ether oxygens (including phenoxy) is 1. The zero-order valence-electron chi connectivity index (χ0n) is 24.7. The Morgan fingerprint density at radius 1 is 0.472 bits per heavy atom. The van der Waals surface area contributed by atoms with Crippen molar-refractivity contribution in [3.8, 4) is 0 Å². The van der Waals surface area contributed by atoms with Gasteiger partial charge < -0.3 is 4.74 Å². The lowest BCUT2D eigenvalue weighted by atomic mass is 10.0. The molecule has 0 aliphatic carbocycles. The maximum absolute atomic E-state index is 11.9. The number of allylic oxidation sites excluding steroid dienone is 4. The van der Waals surface area contributed by atoms with E-state index in [1.54, 1.807) is 0 Å². The fourth-order valence-corrected chi connectivity index (χ4v) is 4.64. The lowest BCUT2D eigenvalue weighted by Gasteiger charge is -2.05.